The summed E-state index contributed by atoms with van der Waals surface area (Å²) in [7, 11) is 0. The number of benzene rings is 2. The number of para-hydroxylation sites is 1. The van der Waals surface area contributed by atoms with Crippen LogP contribution in [0.1, 0.15) is 31.4 Å². The molecule has 2 aromatic carbocycles. The van der Waals surface area contributed by atoms with Crippen LogP contribution in [-0.2, 0) is 4.79 Å². The van der Waals surface area contributed by atoms with Crippen LogP contribution in [0.3, 0.4) is 0 Å². The van der Waals surface area contributed by atoms with E-state index in [1.54, 1.807) is 12.1 Å². The Hall–Kier alpha value is -3.11. The molecule has 0 unspecified atom stereocenters. The topological polar surface area (TPSA) is 96.6 Å². The lowest BCUT2D eigenvalue weighted by Gasteiger charge is -2.20. The van der Waals surface area contributed by atoms with Crippen LogP contribution in [0.15, 0.2) is 56.5 Å². The Morgan fingerprint density at radius 2 is 1.89 bits per heavy atom. The van der Waals surface area contributed by atoms with Gasteiger partial charge in [-0.3, -0.25) is 10.2 Å². The lowest BCUT2D eigenvalue weighted by Crippen LogP contribution is -2.35. The molecule has 4 rings (SSSR count). The first kappa shape index (κ1) is 25.0. The summed E-state index contributed by atoms with van der Waals surface area (Å²) >= 11 is 4.87. The number of ether oxygens (including phenoxy) is 3. The van der Waals surface area contributed by atoms with Gasteiger partial charge in [0.1, 0.15) is 24.0 Å². The van der Waals surface area contributed by atoms with Crippen molar-refractivity contribution in [2.24, 2.45) is 10.1 Å². The van der Waals surface area contributed by atoms with E-state index in [9.17, 15) is 4.79 Å². The Balaban J connectivity index is 1.52. The number of rotatable bonds is 9. The molecular weight excluding hydrogens is 532 g/mol. The van der Waals surface area contributed by atoms with E-state index in [1.165, 1.54) is 16.8 Å². The summed E-state index contributed by atoms with van der Waals surface area (Å²) in [5.41, 5.74) is 1.89. The van der Waals surface area contributed by atoms with Crippen LogP contribution >= 0.6 is 27.7 Å². The van der Waals surface area contributed by atoms with Gasteiger partial charge >= 0.3 is 0 Å². The average Bonchev–Trinajstić information content (AvgIpc) is 3.25. The molecule has 0 aromatic heterocycles. The second-order valence-electron chi connectivity index (χ2n) is 7.59. The minimum Gasteiger partial charge on any atom is -0.490 e. The molecule has 182 valence electrons. The number of halogens is 1. The summed E-state index contributed by atoms with van der Waals surface area (Å²) in [6.07, 6.45) is 2.33. The SMILES string of the molecule is CCOc1cc(/C=C2/C(=N)N3N=C(CC)SC3=NC2=O)cc(Br)c1OCCOc1ccccc1C. The second-order valence-corrected chi connectivity index (χ2v) is 9.49. The Morgan fingerprint density at radius 1 is 1.11 bits per heavy atom. The molecule has 8 nitrogen and oxygen atoms in total. The number of thioether (sulfide) groups is 1. The summed E-state index contributed by atoms with van der Waals surface area (Å²) in [5.74, 6) is 1.41. The van der Waals surface area contributed by atoms with Gasteiger partial charge in [0, 0.05) is 0 Å². The van der Waals surface area contributed by atoms with Gasteiger partial charge in [-0.25, -0.2) is 0 Å². The lowest BCUT2D eigenvalue weighted by atomic mass is 10.1. The van der Waals surface area contributed by atoms with E-state index in [2.05, 4.69) is 26.0 Å². The molecule has 0 saturated carbocycles. The molecule has 0 fully saturated rings. The largest absolute Gasteiger partial charge is 0.490 e. The molecule has 1 N–H and O–H groups in total. The van der Waals surface area contributed by atoms with E-state index >= 15 is 0 Å². The molecule has 1 amide bonds. The van der Waals surface area contributed by atoms with Crippen LogP contribution in [-0.4, -0.2) is 46.8 Å². The summed E-state index contributed by atoms with van der Waals surface area (Å²) in [5, 5.41) is 15.5. The minimum absolute atomic E-state index is 0.00119. The number of hydrogen-bond acceptors (Lipinski definition) is 7. The maximum absolute atomic E-state index is 12.7. The predicted octanol–water partition coefficient (Wildman–Crippen LogP) is 5.64. The van der Waals surface area contributed by atoms with Crippen molar-refractivity contribution in [1.29, 1.82) is 5.41 Å². The highest BCUT2D eigenvalue weighted by Crippen LogP contribution is 2.38. The number of aryl methyl sites for hydroxylation is 1. The van der Waals surface area contributed by atoms with Gasteiger partial charge in [0.05, 0.1) is 16.7 Å². The molecule has 2 aromatic rings. The van der Waals surface area contributed by atoms with Crippen molar-refractivity contribution in [1.82, 2.24) is 5.01 Å². The summed E-state index contributed by atoms with van der Waals surface area (Å²) < 4.78 is 18.3. The van der Waals surface area contributed by atoms with Gasteiger partial charge in [-0.1, -0.05) is 25.1 Å². The maximum Gasteiger partial charge on any atom is 0.283 e. The highest BCUT2D eigenvalue weighted by atomic mass is 79.9. The number of nitrogens with zero attached hydrogens (tertiary/aromatic N) is 3. The third-order valence-corrected chi connectivity index (χ3v) is 6.76. The van der Waals surface area contributed by atoms with Crippen LogP contribution < -0.4 is 14.2 Å². The average molecular weight is 557 g/mol. The Kier molecular flexibility index (Phi) is 7.92. The lowest BCUT2D eigenvalue weighted by molar-refractivity contribution is -0.114. The Labute approximate surface area is 216 Å². The number of hydrogen-bond donors (Lipinski definition) is 1. The van der Waals surface area contributed by atoms with Gasteiger partial charge < -0.3 is 14.2 Å². The normalized spacial score (nSPS) is 16.2. The van der Waals surface area contributed by atoms with Crippen LogP contribution in [0.4, 0.5) is 0 Å². The Bertz CT molecular complexity index is 1260. The zero-order chi connectivity index (χ0) is 24.9. The van der Waals surface area contributed by atoms with Crippen LogP contribution in [0.5, 0.6) is 17.2 Å². The molecule has 0 saturated heterocycles. The molecule has 0 bridgehead atoms. The zero-order valence-corrected chi connectivity index (χ0v) is 22.0. The molecule has 10 heteroatoms. The van der Waals surface area contributed by atoms with Gasteiger partial charge in [0.2, 0.25) is 5.17 Å². The molecule has 0 spiro atoms. The van der Waals surface area contributed by atoms with Crippen molar-refractivity contribution in [2.75, 3.05) is 19.8 Å². The van der Waals surface area contributed by atoms with Gasteiger partial charge in [-0.2, -0.15) is 15.1 Å². The zero-order valence-electron chi connectivity index (χ0n) is 19.6. The number of amidine groups is 2. The smallest absolute Gasteiger partial charge is 0.283 e. The number of aliphatic imine (C=N–C) groups is 1. The third kappa shape index (κ3) is 5.59. The van der Waals surface area contributed by atoms with Crippen molar-refractivity contribution >= 4 is 55.7 Å². The molecule has 0 aliphatic carbocycles. The van der Waals surface area contributed by atoms with E-state index in [1.807, 2.05) is 51.1 Å². The van der Waals surface area contributed by atoms with E-state index in [0.29, 0.717) is 52.9 Å². The highest BCUT2D eigenvalue weighted by molar-refractivity contribution is 9.10. The van der Waals surface area contributed by atoms with E-state index in [0.717, 1.165) is 16.4 Å². The fourth-order valence-electron chi connectivity index (χ4n) is 3.43. The van der Waals surface area contributed by atoms with Crippen molar-refractivity contribution < 1.29 is 19.0 Å². The third-order valence-electron chi connectivity index (χ3n) is 5.12. The molecule has 2 aliphatic rings. The summed E-state index contributed by atoms with van der Waals surface area (Å²) in [6.45, 7) is 6.97. The minimum atomic E-state index is -0.468. The first-order chi connectivity index (χ1) is 16.9. The maximum atomic E-state index is 12.7. The van der Waals surface area contributed by atoms with E-state index in [4.69, 9.17) is 19.6 Å². The molecule has 0 atom stereocenters. The number of carbonyl (C=O) groups excluding carboxylic acids is 1. The van der Waals surface area contributed by atoms with Crippen molar-refractivity contribution in [2.45, 2.75) is 27.2 Å². The predicted molar refractivity (Wildman–Crippen MR) is 143 cm³/mol. The summed E-state index contributed by atoms with van der Waals surface area (Å²) in [6, 6.07) is 11.4. The number of carbonyl (C=O) groups is 1. The van der Waals surface area contributed by atoms with Crippen molar-refractivity contribution in [3.63, 3.8) is 0 Å². The molecule has 2 aliphatic heterocycles. The van der Waals surface area contributed by atoms with Gasteiger partial charge in [0.15, 0.2) is 17.3 Å². The van der Waals surface area contributed by atoms with E-state index in [-0.39, 0.29) is 11.4 Å². The Morgan fingerprint density at radius 3 is 2.63 bits per heavy atom. The van der Waals surface area contributed by atoms with Crippen LogP contribution in [0, 0.1) is 12.3 Å². The first-order valence-corrected chi connectivity index (χ1v) is 12.8. The monoisotopic (exact) mass is 556 g/mol. The van der Waals surface area contributed by atoms with Crippen LogP contribution in [0.25, 0.3) is 6.08 Å². The molecule has 35 heavy (non-hydrogen) atoms. The first-order valence-electron chi connectivity index (χ1n) is 11.2. The molecule has 2 heterocycles. The molecular formula is C25H25BrN4O4S. The summed E-state index contributed by atoms with van der Waals surface area (Å²) in [4.78, 5) is 16.8. The molecule has 0 radical (unpaired) electrons. The fourth-order valence-corrected chi connectivity index (χ4v) is 4.83. The quantitative estimate of drug-likeness (QED) is 0.317. The van der Waals surface area contributed by atoms with Gasteiger partial charge in [-0.15, -0.1) is 0 Å². The second kappa shape index (κ2) is 11.1. The van der Waals surface area contributed by atoms with Gasteiger partial charge in [0.25, 0.3) is 5.91 Å². The number of amides is 1. The van der Waals surface area contributed by atoms with Gasteiger partial charge in [-0.05, 0) is 83.4 Å². The highest BCUT2D eigenvalue weighted by Gasteiger charge is 2.35. The van der Waals surface area contributed by atoms with E-state index < -0.39 is 5.91 Å². The van der Waals surface area contributed by atoms with Crippen molar-refractivity contribution in [3.8, 4) is 17.2 Å². The number of hydrazone groups is 1. The standard InChI is InChI=1S/C25H25BrN4O4S/c1-4-21-29-30-23(27)17(24(31)28-25(30)35-21)12-16-13-18(26)22(20(14-16)32-5-2)34-11-10-33-19-9-7-6-8-15(19)3/h6-9,12-14,27H,4-5,10-11H2,1-3H3/b17-12-,27-23?. The van der Waals surface area contributed by atoms with Crippen LogP contribution in [0.2, 0.25) is 0 Å². The van der Waals surface area contributed by atoms with Crippen molar-refractivity contribution in [3.05, 3.63) is 57.6 Å². The number of nitrogens with one attached hydrogen (secondary N) is 1. The number of fused-ring (bicyclic) bond motifs is 1. The fraction of sp³-hybridized carbons (Fsp3) is 0.280.